The Morgan fingerprint density at radius 2 is 2.08 bits per heavy atom. The van der Waals surface area contributed by atoms with Crippen LogP contribution in [0.15, 0.2) is 0 Å². The fraction of sp³-hybridized carbons (Fsp3) is 0.900. The maximum Gasteiger partial charge on any atom is 0.309 e. The lowest BCUT2D eigenvalue weighted by Gasteiger charge is -2.31. The molecular weight excluding hydrogens is 320 g/mol. The van der Waals surface area contributed by atoms with E-state index in [1.807, 2.05) is 20.8 Å². The van der Waals surface area contributed by atoms with E-state index in [1.165, 1.54) is 0 Å². The molecule has 1 spiro atoms. The van der Waals surface area contributed by atoms with E-state index in [1.54, 1.807) is 0 Å². The van der Waals surface area contributed by atoms with Crippen molar-refractivity contribution in [1.29, 1.82) is 0 Å². The van der Waals surface area contributed by atoms with Gasteiger partial charge in [0.05, 0.1) is 17.4 Å². The zero-order valence-corrected chi connectivity index (χ0v) is 15.9. The molecular formula is C20H30O5. The molecule has 2 saturated heterocycles. The summed E-state index contributed by atoms with van der Waals surface area (Å²) in [6, 6.07) is 0. The molecule has 140 valence electrons. The molecule has 4 fully saturated rings. The van der Waals surface area contributed by atoms with E-state index in [0.717, 1.165) is 25.7 Å². The van der Waals surface area contributed by atoms with E-state index in [2.05, 4.69) is 13.8 Å². The third-order valence-corrected chi connectivity index (χ3v) is 7.59. The van der Waals surface area contributed by atoms with Crippen LogP contribution in [0.3, 0.4) is 0 Å². The van der Waals surface area contributed by atoms with Gasteiger partial charge in [-0.15, -0.1) is 0 Å². The molecule has 0 unspecified atom stereocenters. The molecule has 5 heteroatoms. The lowest BCUT2D eigenvalue weighted by Crippen LogP contribution is -2.38. The Kier molecular flexibility index (Phi) is 3.77. The number of ether oxygens (including phenoxy) is 3. The lowest BCUT2D eigenvalue weighted by atomic mass is 9.77. The van der Waals surface area contributed by atoms with Crippen molar-refractivity contribution in [3.63, 3.8) is 0 Å². The number of hydrogen-bond acceptors (Lipinski definition) is 5. The van der Waals surface area contributed by atoms with Crippen LogP contribution in [0, 0.1) is 29.6 Å². The molecule has 4 rings (SSSR count). The van der Waals surface area contributed by atoms with E-state index < -0.39 is 0 Å². The van der Waals surface area contributed by atoms with E-state index in [9.17, 15) is 9.59 Å². The van der Waals surface area contributed by atoms with Crippen LogP contribution in [-0.2, 0) is 23.8 Å². The topological polar surface area (TPSA) is 65.1 Å². The van der Waals surface area contributed by atoms with Crippen LogP contribution in [0.25, 0.3) is 0 Å². The molecule has 0 amide bonds. The molecule has 25 heavy (non-hydrogen) atoms. The summed E-state index contributed by atoms with van der Waals surface area (Å²) in [6.07, 6.45) is 3.14. The number of esters is 2. The van der Waals surface area contributed by atoms with Crippen molar-refractivity contribution in [3.8, 4) is 0 Å². The molecule has 2 aliphatic heterocycles. The molecule has 4 aliphatic rings. The van der Waals surface area contributed by atoms with Gasteiger partial charge in [0.1, 0.15) is 17.8 Å². The van der Waals surface area contributed by atoms with Crippen molar-refractivity contribution in [2.24, 2.45) is 29.6 Å². The second-order valence-corrected chi connectivity index (χ2v) is 9.08. The Labute approximate surface area is 149 Å². The Hall–Kier alpha value is -1.10. The van der Waals surface area contributed by atoms with Crippen molar-refractivity contribution in [3.05, 3.63) is 0 Å². The first-order valence-electron chi connectivity index (χ1n) is 9.83. The van der Waals surface area contributed by atoms with Crippen molar-refractivity contribution < 1.29 is 23.8 Å². The summed E-state index contributed by atoms with van der Waals surface area (Å²) in [5.41, 5.74) is -0.485. The van der Waals surface area contributed by atoms with Crippen LogP contribution in [0.4, 0.5) is 0 Å². The maximum absolute atomic E-state index is 12.4. The molecule has 0 bridgehead atoms. The highest BCUT2D eigenvalue weighted by atomic mass is 16.6. The van der Waals surface area contributed by atoms with Crippen LogP contribution < -0.4 is 0 Å². The third kappa shape index (κ3) is 2.30. The van der Waals surface area contributed by atoms with Gasteiger partial charge < -0.3 is 14.2 Å². The molecule has 0 radical (unpaired) electrons. The average molecular weight is 350 g/mol. The van der Waals surface area contributed by atoms with Gasteiger partial charge in [-0.05, 0) is 32.1 Å². The van der Waals surface area contributed by atoms with Crippen molar-refractivity contribution in [2.75, 3.05) is 0 Å². The Bertz CT molecular complexity index is 603. The van der Waals surface area contributed by atoms with Crippen molar-refractivity contribution in [1.82, 2.24) is 0 Å². The number of rotatable bonds is 3. The molecule has 2 heterocycles. The quantitative estimate of drug-likeness (QED) is 0.578. The summed E-state index contributed by atoms with van der Waals surface area (Å²) in [5.74, 6) is 0.407. The SMILES string of the molecule is CC[C@@H](C)C(=O)O[C@H]1C[C@@]2(C)O[C@]23C[C@@H]2[C@H](C)C(=O)O[C@@H]2C[C@@H](C)[C@H]13. The molecule has 9 atom stereocenters. The molecule has 2 aliphatic carbocycles. The number of epoxide rings is 1. The van der Waals surface area contributed by atoms with E-state index >= 15 is 0 Å². The van der Waals surface area contributed by atoms with Crippen LogP contribution in [0.1, 0.15) is 60.3 Å². The summed E-state index contributed by atoms with van der Waals surface area (Å²) in [4.78, 5) is 24.4. The molecule has 2 saturated carbocycles. The molecule has 0 aromatic heterocycles. The van der Waals surface area contributed by atoms with Gasteiger partial charge in [-0.3, -0.25) is 9.59 Å². The zero-order valence-electron chi connectivity index (χ0n) is 15.9. The Morgan fingerprint density at radius 1 is 1.36 bits per heavy atom. The molecule has 0 N–H and O–H groups in total. The van der Waals surface area contributed by atoms with E-state index in [4.69, 9.17) is 14.2 Å². The lowest BCUT2D eigenvalue weighted by molar-refractivity contribution is -0.159. The van der Waals surface area contributed by atoms with Crippen LogP contribution in [0.5, 0.6) is 0 Å². The van der Waals surface area contributed by atoms with Gasteiger partial charge in [-0.25, -0.2) is 0 Å². The van der Waals surface area contributed by atoms with Crippen LogP contribution in [-0.4, -0.2) is 35.3 Å². The van der Waals surface area contributed by atoms with Crippen LogP contribution in [0.2, 0.25) is 0 Å². The van der Waals surface area contributed by atoms with Gasteiger partial charge in [-0.1, -0.05) is 27.7 Å². The van der Waals surface area contributed by atoms with Gasteiger partial charge in [0.15, 0.2) is 0 Å². The van der Waals surface area contributed by atoms with Crippen molar-refractivity contribution >= 4 is 11.9 Å². The van der Waals surface area contributed by atoms with Gasteiger partial charge in [0.25, 0.3) is 0 Å². The number of carbonyl (C=O) groups excluding carboxylic acids is 2. The minimum absolute atomic E-state index is 0.0168. The normalized spacial score (nSPS) is 51.6. The predicted octanol–water partition coefficient (Wildman–Crippen LogP) is 3.10. The summed E-state index contributed by atoms with van der Waals surface area (Å²) in [7, 11) is 0. The molecule has 0 aromatic rings. The minimum atomic E-state index is -0.255. The summed E-state index contributed by atoms with van der Waals surface area (Å²) >= 11 is 0. The van der Waals surface area contributed by atoms with Crippen LogP contribution >= 0.6 is 0 Å². The third-order valence-electron chi connectivity index (χ3n) is 7.59. The zero-order chi connectivity index (χ0) is 18.1. The van der Waals surface area contributed by atoms with Gasteiger partial charge >= 0.3 is 11.9 Å². The first-order valence-corrected chi connectivity index (χ1v) is 9.83. The van der Waals surface area contributed by atoms with Gasteiger partial charge in [0.2, 0.25) is 0 Å². The number of fused-ring (bicyclic) bond motifs is 1. The molecule has 0 aromatic carbocycles. The highest BCUT2D eigenvalue weighted by Crippen LogP contribution is 2.69. The number of carbonyl (C=O) groups is 2. The second-order valence-electron chi connectivity index (χ2n) is 9.08. The summed E-state index contributed by atoms with van der Waals surface area (Å²) in [5, 5.41) is 0. The molecule has 5 nitrogen and oxygen atoms in total. The smallest absolute Gasteiger partial charge is 0.309 e. The van der Waals surface area contributed by atoms with Gasteiger partial charge in [0, 0.05) is 18.3 Å². The Morgan fingerprint density at radius 3 is 2.76 bits per heavy atom. The first kappa shape index (κ1) is 17.3. The highest BCUT2D eigenvalue weighted by molar-refractivity contribution is 5.75. The largest absolute Gasteiger partial charge is 0.462 e. The average Bonchev–Trinajstić information content (AvgIpc) is 2.98. The fourth-order valence-electron chi connectivity index (χ4n) is 5.82. The minimum Gasteiger partial charge on any atom is -0.462 e. The van der Waals surface area contributed by atoms with E-state index in [-0.39, 0.29) is 59.0 Å². The first-order chi connectivity index (χ1) is 11.7. The fourth-order valence-corrected chi connectivity index (χ4v) is 5.82. The number of hydrogen-bond donors (Lipinski definition) is 0. The predicted molar refractivity (Wildman–Crippen MR) is 90.6 cm³/mol. The maximum atomic E-state index is 12.4. The van der Waals surface area contributed by atoms with Gasteiger partial charge in [-0.2, -0.15) is 0 Å². The van der Waals surface area contributed by atoms with E-state index in [0.29, 0.717) is 5.92 Å². The summed E-state index contributed by atoms with van der Waals surface area (Å²) < 4.78 is 17.9. The monoisotopic (exact) mass is 350 g/mol. The standard InChI is InChI=1S/C20H30O5/c1-6-10(2)17(21)24-15-9-19(5)20(25-19)8-13-12(4)18(22)23-14(13)7-11(3)16(15)20/h10-16H,6-9H2,1-5H3/t10-,11-,12+,13-,14-,15+,16-,19-,20+/m1/s1. The highest BCUT2D eigenvalue weighted by Gasteiger charge is 2.80. The second kappa shape index (κ2) is 5.45. The van der Waals surface area contributed by atoms with Crippen molar-refractivity contribution in [2.45, 2.75) is 83.7 Å². The summed E-state index contributed by atoms with van der Waals surface area (Å²) in [6.45, 7) is 10.3. The Balaban J connectivity index is 1.60.